The zero-order chi connectivity index (χ0) is 19.0. The van der Waals surface area contributed by atoms with Crippen molar-refractivity contribution in [1.29, 1.82) is 0 Å². The van der Waals surface area contributed by atoms with Crippen molar-refractivity contribution in [2.75, 3.05) is 0 Å². The van der Waals surface area contributed by atoms with Gasteiger partial charge in [-0.1, -0.05) is 25.0 Å². The van der Waals surface area contributed by atoms with Crippen molar-refractivity contribution in [3.8, 4) is 11.1 Å². The highest BCUT2D eigenvalue weighted by molar-refractivity contribution is 7.89. The van der Waals surface area contributed by atoms with Crippen LogP contribution in [0.1, 0.15) is 31.4 Å². The van der Waals surface area contributed by atoms with Gasteiger partial charge in [0.05, 0.1) is 4.90 Å². The van der Waals surface area contributed by atoms with E-state index >= 15 is 0 Å². The number of hydrogen-bond acceptors (Lipinski definition) is 4. The molecule has 6 nitrogen and oxygen atoms in total. The van der Waals surface area contributed by atoms with E-state index in [-0.39, 0.29) is 17.0 Å². The maximum atomic E-state index is 12.7. The van der Waals surface area contributed by atoms with Gasteiger partial charge in [0.1, 0.15) is 5.65 Å². The fourth-order valence-corrected chi connectivity index (χ4v) is 5.12. The smallest absolute Gasteiger partial charge is 0.240 e. The standard InChI is InChI=1S/C20H24N4O2S/c1-13-12-17-16(10-11-22-20(17)23-13)14-6-8-15(9-7-14)27(25,26)24-19-5-3-2-4-18(19)21/h6-12,18-19,24H,2-5,21H2,1H3,(H,22,23)/t18-,19-/m1/s1. The van der Waals surface area contributed by atoms with Gasteiger partial charge >= 0.3 is 0 Å². The van der Waals surface area contributed by atoms with Crippen LogP contribution in [0.3, 0.4) is 0 Å². The van der Waals surface area contributed by atoms with Gasteiger partial charge in [0.15, 0.2) is 0 Å². The predicted molar refractivity (Wildman–Crippen MR) is 107 cm³/mol. The monoisotopic (exact) mass is 384 g/mol. The average Bonchev–Trinajstić information content (AvgIpc) is 3.04. The van der Waals surface area contributed by atoms with Gasteiger partial charge < -0.3 is 10.7 Å². The van der Waals surface area contributed by atoms with Crippen LogP contribution >= 0.6 is 0 Å². The summed E-state index contributed by atoms with van der Waals surface area (Å²) < 4.78 is 28.2. The van der Waals surface area contributed by atoms with Crippen LogP contribution in [0.15, 0.2) is 47.5 Å². The topological polar surface area (TPSA) is 101 Å². The highest BCUT2D eigenvalue weighted by Gasteiger charge is 2.27. The second-order valence-corrected chi connectivity index (χ2v) is 8.99. The first-order chi connectivity index (χ1) is 12.9. The second kappa shape index (κ2) is 7.07. The third kappa shape index (κ3) is 3.63. The average molecular weight is 385 g/mol. The van der Waals surface area contributed by atoms with E-state index in [0.717, 1.165) is 53.5 Å². The Morgan fingerprint density at radius 3 is 2.63 bits per heavy atom. The van der Waals surface area contributed by atoms with Gasteiger partial charge in [0.2, 0.25) is 10.0 Å². The number of aromatic nitrogens is 2. The van der Waals surface area contributed by atoms with Gasteiger partial charge in [0.25, 0.3) is 0 Å². The number of aromatic amines is 1. The lowest BCUT2D eigenvalue weighted by atomic mass is 9.92. The van der Waals surface area contributed by atoms with Crippen LogP contribution in [-0.4, -0.2) is 30.5 Å². The summed E-state index contributed by atoms with van der Waals surface area (Å²) in [6, 6.07) is 10.7. The molecule has 3 aromatic rings. The number of rotatable bonds is 4. The lowest BCUT2D eigenvalue weighted by molar-refractivity contribution is 0.361. The van der Waals surface area contributed by atoms with E-state index in [2.05, 4.69) is 14.7 Å². The van der Waals surface area contributed by atoms with Gasteiger partial charge in [-0.2, -0.15) is 0 Å². The molecule has 0 unspecified atom stereocenters. The van der Waals surface area contributed by atoms with Crippen molar-refractivity contribution in [3.05, 3.63) is 48.3 Å². The highest BCUT2D eigenvalue weighted by atomic mass is 32.2. The molecule has 7 heteroatoms. The molecular weight excluding hydrogens is 360 g/mol. The molecule has 27 heavy (non-hydrogen) atoms. The largest absolute Gasteiger partial charge is 0.344 e. The minimum absolute atomic E-state index is 0.116. The zero-order valence-corrected chi connectivity index (χ0v) is 16.1. The van der Waals surface area contributed by atoms with E-state index in [9.17, 15) is 8.42 Å². The zero-order valence-electron chi connectivity index (χ0n) is 15.3. The number of hydrogen-bond donors (Lipinski definition) is 3. The van der Waals surface area contributed by atoms with E-state index in [0.29, 0.717) is 0 Å². The number of H-pyrrole nitrogens is 1. The Balaban J connectivity index is 1.61. The number of sulfonamides is 1. The first-order valence-electron chi connectivity index (χ1n) is 9.27. The molecule has 2 heterocycles. The molecule has 2 aromatic heterocycles. The van der Waals surface area contributed by atoms with E-state index < -0.39 is 10.0 Å². The minimum Gasteiger partial charge on any atom is -0.344 e. The van der Waals surface area contributed by atoms with Crippen LogP contribution in [-0.2, 0) is 10.0 Å². The number of nitrogens with zero attached hydrogens (tertiary/aromatic N) is 1. The summed E-state index contributed by atoms with van der Waals surface area (Å²) in [5.41, 5.74) is 9.93. The van der Waals surface area contributed by atoms with Crippen molar-refractivity contribution < 1.29 is 8.42 Å². The lowest BCUT2D eigenvalue weighted by Crippen LogP contribution is -2.49. The fourth-order valence-electron chi connectivity index (χ4n) is 3.80. The third-order valence-corrected chi connectivity index (χ3v) is 6.77. The van der Waals surface area contributed by atoms with Crippen LogP contribution in [0, 0.1) is 6.92 Å². The Morgan fingerprint density at radius 2 is 1.89 bits per heavy atom. The number of fused-ring (bicyclic) bond motifs is 1. The number of nitrogens with two attached hydrogens (primary N) is 1. The van der Waals surface area contributed by atoms with Crippen LogP contribution in [0.2, 0.25) is 0 Å². The van der Waals surface area contributed by atoms with Crippen molar-refractivity contribution >= 4 is 21.1 Å². The summed E-state index contributed by atoms with van der Waals surface area (Å²) in [5, 5.41) is 1.02. The summed E-state index contributed by atoms with van der Waals surface area (Å²) in [6.07, 6.45) is 5.48. The molecule has 0 bridgehead atoms. The Labute approximate surface area is 159 Å². The molecule has 142 valence electrons. The Kier molecular flexibility index (Phi) is 4.75. The van der Waals surface area contributed by atoms with Gasteiger partial charge in [0, 0.05) is 29.4 Å². The molecule has 0 amide bonds. The summed E-state index contributed by atoms with van der Waals surface area (Å²) in [5.74, 6) is 0. The molecule has 1 fully saturated rings. The lowest BCUT2D eigenvalue weighted by Gasteiger charge is -2.29. The molecule has 1 aliphatic carbocycles. The Bertz CT molecular complexity index is 1060. The van der Waals surface area contributed by atoms with Crippen molar-refractivity contribution in [2.45, 2.75) is 49.6 Å². The number of benzene rings is 1. The molecule has 0 spiro atoms. The normalized spacial score (nSPS) is 20.8. The molecule has 0 saturated heterocycles. The van der Waals surface area contributed by atoms with Crippen molar-refractivity contribution in [1.82, 2.24) is 14.7 Å². The molecule has 1 aromatic carbocycles. The fraction of sp³-hybridized carbons (Fsp3) is 0.350. The number of pyridine rings is 1. The van der Waals surface area contributed by atoms with Gasteiger partial charge in [-0.15, -0.1) is 0 Å². The van der Waals surface area contributed by atoms with Gasteiger partial charge in [-0.25, -0.2) is 18.1 Å². The summed E-state index contributed by atoms with van der Waals surface area (Å²) >= 11 is 0. The van der Waals surface area contributed by atoms with E-state index in [1.165, 1.54) is 0 Å². The maximum absolute atomic E-state index is 12.7. The first-order valence-corrected chi connectivity index (χ1v) is 10.7. The predicted octanol–water partition coefficient (Wildman–Crippen LogP) is 3.09. The van der Waals surface area contributed by atoms with Crippen LogP contribution in [0.25, 0.3) is 22.2 Å². The molecule has 2 atom stereocenters. The number of aryl methyl sites for hydroxylation is 1. The first kappa shape index (κ1) is 18.2. The van der Waals surface area contributed by atoms with Gasteiger partial charge in [-0.05, 0) is 55.2 Å². The third-order valence-electron chi connectivity index (χ3n) is 5.27. The molecule has 1 aliphatic rings. The molecular formula is C20H24N4O2S. The minimum atomic E-state index is -3.58. The quantitative estimate of drug-likeness (QED) is 0.643. The van der Waals surface area contributed by atoms with Crippen LogP contribution in [0.5, 0.6) is 0 Å². The summed E-state index contributed by atoms with van der Waals surface area (Å²) in [6.45, 7) is 1.99. The molecule has 4 rings (SSSR count). The molecule has 1 saturated carbocycles. The van der Waals surface area contributed by atoms with Crippen molar-refractivity contribution in [3.63, 3.8) is 0 Å². The van der Waals surface area contributed by atoms with E-state index in [1.807, 2.05) is 31.2 Å². The van der Waals surface area contributed by atoms with Crippen LogP contribution < -0.4 is 10.5 Å². The van der Waals surface area contributed by atoms with Crippen LogP contribution in [0.4, 0.5) is 0 Å². The van der Waals surface area contributed by atoms with Gasteiger partial charge in [-0.3, -0.25) is 0 Å². The van der Waals surface area contributed by atoms with E-state index in [1.54, 1.807) is 18.3 Å². The van der Waals surface area contributed by atoms with Crippen molar-refractivity contribution in [2.24, 2.45) is 5.73 Å². The Morgan fingerprint density at radius 1 is 1.15 bits per heavy atom. The molecule has 4 N–H and O–H groups in total. The Hall–Kier alpha value is -2.22. The SMILES string of the molecule is Cc1cc2c(-c3ccc(S(=O)(=O)N[C@@H]4CCCC[C@H]4N)cc3)ccnc2[nH]1. The maximum Gasteiger partial charge on any atom is 0.240 e. The molecule has 0 radical (unpaired) electrons. The van der Waals surface area contributed by atoms with E-state index in [4.69, 9.17) is 5.73 Å². The highest BCUT2D eigenvalue weighted by Crippen LogP contribution is 2.29. The summed E-state index contributed by atoms with van der Waals surface area (Å²) in [4.78, 5) is 7.83. The number of nitrogens with one attached hydrogen (secondary N) is 2. The second-order valence-electron chi connectivity index (χ2n) is 7.27. The molecule has 0 aliphatic heterocycles. The summed E-state index contributed by atoms with van der Waals surface area (Å²) in [7, 11) is -3.58.